The minimum Gasteiger partial charge on any atom is -0.497 e. The number of methoxy groups -OCH3 is 2. The predicted molar refractivity (Wildman–Crippen MR) is 93.3 cm³/mol. The van der Waals surface area contributed by atoms with E-state index in [2.05, 4.69) is 4.98 Å². The molecule has 1 saturated heterocycles. The van der Waals surface area contributed by atoms with Gasteiger partial charge in [0.05, 0.1) is 26.3 Å². The van der Waals surface area contributed by atoms with E-state index in [9.17, 15) is 4.79 Å². The lowest BCUT2D eigenvalue weighted by molar-refractivity contribution is -0.128. The van der Waals surface area contributed by atoms with E-state index in [0.29, 0.717) is 12.3 Å². The van der Waals surface area contributed by atoms with Crippen LogP contribution in [0.1, 0.15) is 17.4 Å². The van der Waals surface area contributed by atoms with Crippen molar-refractivity contribution in [2.24, 2.45) is 0 Å². The number of imidazole rings is 1. The number of amides is 1. The number of hydrogen-bond donors (Lipinski definition) is 0. The van der Waals surface area contributed by atoms with Gasteiger partial charge in [0, 0.05) is 31.5 Å². The number of ether oxygens (including phenoxy) is 2. The number of thioether (sulfide) groups is 1. The summed E-state index contributed by atoms with van der Waals surface area (Å²) in [4.78, 5) is 18.3. The largest absolute Gasteiger partial charge is 0.497 e. The third kappa shape index (κ3) is 3.67. The molecule has 1 unspecified atom stereocenters. The molecule has 3 rings (SSSR count). The average Bonchev–Trinajstić information content (AvgIpc) is 3.25. The molecule has 0 spiro atoms. The van der Waals surface area contributed by atoms with Crippen molar-refractivity contribution in [3.8, 4) is 11.5 Å². The number of hydrogen-bond acceptors (Lipinski definition) is 5. The van der Waals surface area contributed by atoms with Crippen molar-refractivity contribution in [3.63, 3.8) is 0 Å². The van der Waals surface area contributed by atoms with Crippen LogP contribution >= 0.6 is 11.8 Å². The number of benzene rings is 1. The van der Waals surface area contributed by atoms with E-state index in [1.165, 1.54) is 0 Å². The van der Waals surface area contributed by atoms with Crippen molar-refractivity contribution in [3.05, 3.63) is 42.5 Å². The zero-order valence-electron chi connectivity index (χ0n) is 13.8. The van der Waals surface area contributed by atoms with E-state index in [1.807, 2.05) is 33.9 Å². The van der Waals surface area contributed by atoms with Crippen LogP contribution in [-0.2, 0) is 11.3 Å². The summed E-state index contributed by atoms with van der Waals surface area (Å²) >= 11 is 1.64. The molecule has 1 aliphatic rings. The molecule has 6 nitrogen and oxygen atoms in total. The molecule has 24 heavy (non-hydrogen) atoms. The molecule has 0 radical (unpaired) electrons. The fraction of sp³-hybridized carbons (Fsp3) is 0.412. The van der Waals surface area contributed by atoms with Crippen LogP contribution in [0.15, 0.2) is 36.9 Å². The van der Waals surface area contributed by atoms with Crippen LogP contribution in [0.3, 0.4) is 0 Å². The Morgan fingerprint density at radius 3 is 2.58 bits per heavy atom. The summed E-state index contributed by atoms with van der Waals surface area (Å²) in [6, 6.07) is 5.79. The summed E-state index contributed by atoms with van der Waals surface area (Å²) in [5.41, 5.74) is 1.03. The fourth-order valence-corrected chi connectivity index (χ4v) is 3.98. The highest BCUT2D eigenvalue weighted by molar-refractivity contribution is 8.00. The van der Waals surface area contributed by atoms with Gasteiger partial charge in [-0.1, -0.05) is 0 Å². The molecule has 0 bridgehead atoms. The van der Waals surface area contributed by atoms with Crippen LogP contribution < -0.4 is 9.47 Å². The molecule has 1 aromatic heterocycles. The SMILES string of the molecule is COc1cc(OC)cc(C2SCC(=O)N2CCCn2ccnc2)c1. The van der Waals surface area contributed by atoms with E-state index in [0.717, 1.165) is 30.0 Å². The number of carbonyl (C=O) groups is 1. The van der Waals surface area contributed by atoms with Crippen molar-refractivity contribution in [2.75, 3.05) is 26.5 Å². The summed E-state index contributed by atoms with van der Waals surface area (Å²) < 4.78 is 12.7. The van der Waals surface area contributed by atoms with Crippen molar-refractivity contribution >= 4 is 17.7 Å². The topological polar surface area (TPSA) is 56.6 Å². The number of nitrogens with zero attached hydrogens (tertiary/aromatic N) is 3. The third-order valence-electron chi connectivity index (χ3n) is 4.00. The first kappa shape index (κ1) is 16.7. The van der Waals surface area contributed by atoms with Crippen molar-refractivity contribution in [1.82, 2.24) is 14.5 Å². The lowest BCUT2D eigenvalue weighted by atomic mass is 10.1. The van der Waals surface area contributed by atoms with Crippen LogP contribution in [0.4, 0.5) is 0 Å². The van der Waals surface area contributed by atoms with Gasteiger partial charge in [-0.3, -0.25) is 4.79 Å². The monoisotopic (exact) mass is 347 g/mol. The second-order valence-corrected chi connectivity index (χ2v) is 6.62. The molecule has 2 aromatic rings. The highest BCUT2D eigenvalue weighted by atomic mass is 32.2. The van der Waals surface area contributed by atoms with Crippen molar-refractivity contribution in [1.29, 1.82) is 0 Å². The Labute approximate surface area is 145 Å². The Bertz CT molecular complexity index is 668. The Morgan fingerprint density at radius 1 is 1.21 bits per heavy atom. The number of carbonyl (C=O) groups excluding carboxylic acids is 1. The van der Waals surface area contributed by atoms with Gasteiger partial charge in [0.2, 0.25) is 5.91 Å². The standard InChI is InChI=1S/C17H21N3O3S/c1-22-14-8-13(9-15(10-14)23-2)17-20(16(21)11-24-17)6-3-5-19-7-4-18-12-19/h4,7-10,12,17H,3,5-6,11H2,1-2H3. The highest BCUT2D eigenvalue weighted by Gasteiger charge is 2.32. The van der Waals surface area contributed by atoms with Gasteiger partial charge < -0.3 is 18.9 Å². The Hall–Kier alpha value is -2.15. The molecule has 1 amide bonds. The highest BCUT2D eigenvalue weighted by Crippen LogP contribution is 2.41. The van der Waals surface area contributed by atoms with Gasteiger partial charge in [0.1, 0.15) is 16.9 Å². The van der Waals surface area contributed by atoms with Gasteiger partial charge in [-0.25, -0.2) is 4.98 Å². The second kappa shape index (κ2) is 7.61. The average molecular weight is 347 g/mol. The van der Waals surface area contributed by atoms with Crippen LogP contribution in [0, 0.1) is 0 Å². The van der Waals surface area contributed by atoms with Crippen LogP contribution in [0.2, 0.25) is 0 Å². The van der Waals surface area contributed by atoms with E-state index in [4.69, 9.17) is 9.47 Å². The zero-order chi connectivity index (χ0) is 16.9. The van der Waals surface area contributed by atoms with Crippen molar-refractivity contribution < 1.29 is 14.3 Å². The summed E-state index contributed by atoms with van der Waals surface area (Å²) in [5.74, 6) is 2.16. The summed E-state index contributed by atoms with van der Waals surface area (Å²) in [6.07, 6.45) is 6.39. The normalized spacial score (nSPS) is 17.3. The molecule has 0 saturated carbocycles. The predicted octanol–water partition coefficient (Wildman–Crippen LogP) is 2.56. The lowest BCUT2D eigenvalue weighted by Gasteiger charge is -2.25. The molecular formula is C17H21N3O3S. The van der Waals surface area contributed by atoms with Crippen LogP contribution in [0.5, 0.6) is 11.5 Å². The molecule has 1 aliphatic heterocycles. The first-order valence-corrected chi connectivity index (χ1v) is 8.86. The molecule has 1 aromatic carbocycles. The maximum absolute atomic E-state index is 12.3. The van der Waals surface area contributed by atoms with Crippen LogP contribution in [0.25, 0.3) is 0 Å². The van der Waals surface area contributed by atoms with Gasteiger partial charge in [-0.05, 0) is 24.1 Å². The van der Waals surface area contributed by atoms with E-state index < -0.39 is 0 Å². The molecule has 1 atom stereocenters. The lowest BCUT2D eigenvalue weighted by Crippen LogP contribution is -2.29. The van der Waals surface area contributed by atoms with Crippen molar-refractivity contribution in [2.45, 2.75) is 18.3 Å². The summed E-state index contributed by atoms with van der Waals surface area (Å²) in [5, 5.41) is 0.00397. The molecule has 0 aliphatic carbocycles. The number of aromatic nitrogens is 2. The van der Waals surface area contributed by atoms with E-state index in [1.54, 1.807) is 38.5 Å². The summed E-state index contributed by atoms with van der Waals surface area (Å²) in [6.45, 7) is 1.57. The van der Waals surface area contributed by atoms with Gasteiger partial charge in [-0.2, -0.15) is 0 Å². The van der Waals surface area contributed by atoms with E-state index >= 15 is 0 Å². The number of rotatable bonds is 7. The molecular weight excluding hydrogens is 326 g/mol. The molecule has 7 heteroatoms. The van der Waals surface area contributed by atoms with E-state index in [-0.39, 0.29) is 11.3 Å². The molecule has 128 valence electrons. The molecule has 2 heterocycles. The molecule has 0 N–H and O–H groups in total. The number of aryl methyl sites for hydroxylation is 1. The maximum Gasteiger partial charge on any atom is 0.233 e. The van der Waals surface area contributed by atoms with Gasteiger partial charge in [0.25, 0.3) is 0 Å². The third-order valence-corrected chi connectivity index (χ3v) is 5.26. The summed E-state index contributed by atoms with van der Waals surface area (Å²) in [7, 11) is 3.27. The first-order valence-electron chi connectivity index (χ1n) is 7.81. The zero-order valence-corrected chi connectivity index (χ0v) is 14.7. The Kier molecular flexibility index (Phi) is 5.30. The Morgan fingerprint density at radius 2 is 1.96 bits per heavy atom. The second-order valence-electron chi connectivity index (χ2n) is 5.55. The van der Waals surface area contributed by atoms with Gasteiger partial charge in [-0.15, -0.1) is 11.8 Å². The minimum absolute atomic E-state index is 0.00397. The first-order chi connectivity index (χ1) is 11.7. The van der Waals surface area contributed by atoms with Gasteiger partial charge >= 0.3 is 0 Å². The Balaban J connectivity index is 1.72. The van der Waals surface area contributed by atoms with Gasteiger partial charge in [0.15, 0.2) is 0 Å². The maximum atomic E-state index is 12.3. The minimum atomic E-state index is 0.00397. The fourth-order valence-electron chi connectivity index (χ4n) is 2.79. The quantitative estimate of drug-likeness (QED) is 0.770. The van der Waals surface area contributed by atoms with Crippen LogP contribution in [-0.4, -0.2) is 46.9 Å². The molecule has 1 fully saturated rings. The smallest absolute Gasteiger partial charge is 0.233 e.